The van der Waals surface area contributed by atoms with Crippen molar-refractivity contribution < 1.29 is 22.4 Å². The van der Waals surface area contributed by atoms with Crippen molar-refractivity contribution in [3.05, 3.63) is 78.3 Å². The number of pyridine rings is 1. The molecule has 0 aliphatic carbocycles. The smallest absolute Gasteiger partial charge is 0.274 e. The Bertz CT molecular complexity index is 1370. The Morgan fingerprint density at radius 3 is 2.43 bits per heavy atom. The SMILES string of the molecule is Cn1cnc(Nc2ncc(-c3ccc(CC(=O)Nc4cnc(F)c(C(C)(F)F)c4)cc3F)cn2)c1. The third-order valence-electron chi connectivity index (χ3n) is 4.90. The van der Waals surface area contributed by atoms with Gasteiger partial charge in [0.15, 0.2) is 5.82 Å². The number of carbonyl (C=O) groups is 1. The van der Waals surface area contributed by atoms with Crippen LogP contribution in [-0.4, -0.2) is 30.4 Å². The van der Waals surface area contributed by atoms with Gasteiger partial charge in [-0.3, -0.25) is 4.79 Å². The van der Waals surface area contributed by atoms with Gasteiger partial charge in [-0.05, 0) is 17.7 Å². The van der Waals surface area contributed by atoms with Crippen molar-refractivity contribution in [1.29, 1.82) is 0 Å². The van der Waals surface area contributed by atoms with E-state index in [4.69, 9.17) is 0 Å². The van der Waals surface area contributed by atoms with Gasteiger partial charge in [-0.25, -0.2) is 33.1 Å². The third-order valence-corrected chi connectivity index (χ3v) is 4.90. The lowest BCUT2D eigenvalue weighted by atomic mass is 10.0. The molecule has 0 aliphatic rings. The summed E-state index contributed by atoms with van der Waals surface area (Å²) < 4.78 is 57.0. The molecule has 0 unspecified atom stereocenters. The number of aryl methyl sites for hydroxylation is 1. The molecule has 0 saturated carbocycles. The Hall–Kier alpha value is -4.35. The molecule has 12 heteroatoms. The lowest BCUT2D eigenvalue weighted by molar-refractivity contribution is -0.115. The zero-order valence-electron chi connectivity index (χ0n) is 18.6. The highest BCUT2D eigenvalue weighted by Crippen LogP contribution is 2.30. The molecule has 2 N–H and O–H groups in total. The molecule has 0 saturated heterocycles. The van der Waals surface area contributed by atoms with Gasteiger partial charge in [0.05, 0.1) is 30.2 Å². The highest BCUT2D eigenvalue weighted by atomic mass is 19.3. The largest absolute Gasteiger partial charge is 0.338 e. The lowest BCUT2D eigenvalue weighted by Crippen LogP contribution is -2.17. The lowest BCUT2D eigenvalue weighted by Gasteiger charge is -2.13. The highest BCUT2D eigenvalue weighted by Gasteiger charge is 2.29. The first-order valence-corrected chi connectivity index (χ1v) is 10.3. The van der Waals surface area contributed by atoms with Gasteiger partial charge in [0.2, 0.25) is 17.8 Å². The maximum absolute atomic E-state index is 14.7. The van der Waals surface area contributed by atoms with Crippen LogP contribution in [-0.2, 0) is 24.2 Å². The van der Waals surface area contributed by atoms with E-state index < -0.39 is 29.2 Å². The number of aromatic nitrogens is 5. The summed E-state index contributed by atoms with van der Waals surface area (Å²) >= 11 is 0. The molecule has 0 bridgehead atoms. The van der Waals surface area contributed by atoms with Crippen molar-refractivity contribution in [2.75, 3.05) is 10.6 Å². The standard InChI is InChI=1S/C23H19F4N7O/c1-23(26,27)17-7-15(10-28-21(17)25)32-20(35)6-13-3-4-16(18(24)5-13)14-8-29-22(30-9-14)33-19-11-34(2)12-31-19/h3-5,7-12H,6H2,1-2H3,(H,32,35)(H,29,30,33). The molecule has 3 heterocycles. The predicted molar refractivity (Wildman–Crippen MR) is 120 cm³/mol. The predicted octanol–water partition coefficient (Wildman–Crippen LogP) is 4.59. The topological polar surface area (TPSA) is 97.6 Å². The number of alkyl halides is 2. The summed E-state index contributed by atoms with van der Waals surface area (Å²) in [6.45, 7) is 0.526. The number of imidazole rings is 1. The Morgan fingerprint density at radius 1 is 1.06 bits per heavy atom. The Labute approximate surface area is 197 Å². The number of halogens is 4. The second-order valence-corrected chi connectivity index (χ2v) is 7.83. The number of hydrogen-bond acceptors (Lipinski definition) is 6. The van der Waals surface area contributed by atoms with Crippen molar-refractivity contribution in [1.82, 2.24) is 24.5 Å². The molecule has 0 atom stereocenters. The van der Waals surface area contributed by atoms with Crippen molar-refractivity contribution >= 4 is 23.4 Å². The number of rotatable bonds is 7. The fourth-order valence-electron chi connectivity index (χ4n) is 3.24. The molecule has 0 radical (unpaired) electrons. The van der Waals surface area contributed by atoms with Gasteiger partial charge in [-0.15, -0.1) is 0 Å². The number of anilines is 3. The molecule has 180 valence electrons. The molecular weight excluding hydrogens is 466 g/mol. The Kier molecular flexibility index (Phi) is 6.45. The second kappa shape index (κ2) is 9.49. The van der Waals surface area contributed by atoms with Gasteiger partial charge in [-0.2, -0.15) is 4.39 Å². The van der Waals surface area contributed by atoms with Crippen molar-refractivity contribution in [2.24, 2.45) is 7.05 Å². The van der Waals surface area contributed by atoms with E-state index in [1.807, 2.05) is 7.05 Å². The van der Waals surface area contributed by atoms with Gasteiger partial charge in [0, 0.05) is 43.7 Å². The zero-order chi connectivity index (χ0) is 25.2. The highest BCUT2D eigenvalue weighted by molar-refractivity contribution is 5.92. The number of benzene rings is 1. The quantitative estimate of drug-likeness (QED) is 0.294. The molecule has 4 aromatic rings. The van der Waals surface area contributed by atoms with E-state index in [-0.39, 0.29) is 17.7 Å². The van der Waals surface area contributed by atoms with Crippen LogP contribution in [0.15, 0.2) is 55.4 Å². The normalized spacial score (nSPS) is 11.4. The van der Waals surface area contributed by atoms with E-state index in [0.29, 0.717) is 29.8 Å². The summed E-state index contributed by atoms with van der Waals surface area (Å²) in [7, 11) is 1.82. The fourth-order valence-corrected chi connectivity index (χ4v) is 3.24. The van der Waals surface area contributed by atoms with Gasteiger partial charge in [0.1, 0.15) is 5.82 Å². The number of nitrogens with zero attached hydrogens (tertiary/aromatic N) is 5. The van der Waals surface area contributed by atoms with Crippen LogP contribution in [0.4, 0.5) is 35.0 Å². The van der Waals surface area contributed by atoms with Crippen LogP contribution in [0.2, 0.25) is 0 Å². The average Bonchev–Trinajstić information content (AvgIpc) is 3.19. The van der Waals surface area contributed by atoms with Crippen molar-refractivity contribution in [3.63, 3.8) is 0 Å². The Morgan fingerprint density at radius 2 is 1.80 bits per heavy atom. The summed E-state index contributed by atoms with van der Waals surface area (Å²) in [6, 6.07) is 5.03. The maximum Gasteiger partial charge on any atom is 0.274 e. The molecule has 4 rings (SSSR count). The molecule has 1 amide bonds. The summed E-state index contributed by atoms with van der Waals surface area (Å²) in [4.78, 5) is 28.0. The summed E-state index contributed by atoms with van der Waals surface area (Å²) in [5.41, 5.74) is -0.0310. The summed E-state index contributed by atoms with van der Waals surface area (Å²) in [5, 5.41) is 5.29. The maximum atomic E-state index is 14.7. The van der Waals surface area contributed by atoms with Crippen molar-refractivity contribution in [2.45, 2.75) is 19.3 Å². The number of hydrogen-bond donors (Lipinski definition) is 2. The summed E-state index contributed by atoms with van der Waals surface area (Å²) in [6.07, 6.45) is 6.95. The van der Waals surface area contributed by atoms with E-state index in [1.54, 1.807) is 23.2 Å². The fraction of sp³-hybridized carbons (Fsp3) is 0.174. The summed E-state index contributed by atoms with van der Waals surface area (Å²) in [5.74, 6) is -5.14. The van der Waals surface area contributed by atoms with Crippen LogP contribution in [0, 0.1) is 11.8 Å². The van der Waals surface area contributed by atoms with Gasteiger partial charge < -0.3 is 15.2 Å². The minimum Gasteiger partial charge on any atom is -0.338 e. The molecule has 35 heavy (non-hydrogen) atoms. The first kappa shape index (κ1) is 23.8. The van der Waals surface area contributed by atoms with E-state index >= 15 is 0 Å². The van der Waals surface area contributed by atoms with Crippen molar-refractivity contribution in [3.8, 4) is 11.1 Å². The molecular formula is C23H19F4N7O. The first-order valence-electron chi connectivity index (χ1n) is 10.3. The molecule has 0 aliphatic heterocycles. The van der Waals surface area contributed by atoms with E-state index in [1.165, 1.54) is 24.5 Å². The monoisotopic (exact) mass is 485 g/mol. The van der Waals surface area contributed by atoms with Crippen LogP contribution < -0.4 is 10.6 Å². The minimum absolute atomic E-state index is 0.0958. The first-order chi connectivity index (χ1) is 16.6. The van der Waals surface area contributed by atoms with E-state index in [2.05, 4.69) is 30.6 Å². The molecule has 1 aromatic carbocycles. The van der Waals surface area contributed by atoms with Crippen LogP contribution in [0.5, 0.6) is 0 Å². The number of amides is 1. The average molecular weight is 485 g/mol. The molecule has 0 fully saturated rings. The van der Waals surface area contributed by atoms with Crippen LogP contribution >= 0.6 is 0 Å². The van der Waals surface area contributed by atoms with Crippen LogP contribution in [0.1, 0.15) is 18.1 Å². The minimum atomic E-state index is -3.47. The zero-order valence-corrected chi connectivity index (χ0v) is 18.6. The van der Waals surface area contributed by atoms with Crippen LogP contribution in [0.25, 0.3) is 11.1 Å². The molecule has 0 spiro atoms. The van der Waals surface area contributed by atoms with Gasteiger partial charge in [-0.1, -0.05) is 12.1 Å². The number of nitrogens with one attached hydrogen (secondary N) is 2. The molecule has 8 nitrogen and oxygen atoms in total. The Balaban J connectivity index is 1.42. The van der Waals surface area contributed by atoms with E-state index in [9.17, 15) is 22.4 Å². The molecule has 3 aromatic heterocycles. The van der Waals surface area contributed by atoms with Crippen LogP contribution in [0.3, 0.4) is 0 Å². The number of carbonyl (C=O) groups excluding carboxylic acids is 1. The van der Waals surface area contributed by atoms with Gasteiger partial charge in [0.25, 0.3) is 5.92 Å². The second-order valence-electron chi connectivity index (χ2n) is 7.83. The van der Waals surface area contributed by atoms with Gasteiger partial charge >= 0.3 is 0 Å². The third kappa shape index (κ3) is 5.78. The van der Waals surface area contributed by atoms with E-state index in [0.717, 1.165) is 12.3 Å².